The van der Waals surface area contributed by atoms with Gasteiger partial charge < -0.3 is 4.52 Å². The Labute approximate surface area is 152 Å². The molecule has 0 spiro atoms. The summed E-state index contributed by atoms with van der Waals surface area (Å²) < 4.78 is 18.5. The fourth-order valence-electron chi connectivity index (χ4n) is 3.56. The highest BCUT2D eigenvalue weighted by Crippen LogP contribution is 2.24. The lowest BCUT2D eigenvalue weighted by Crippen LogP contribution is -2.33. The van der Waals surface area contributed by atoms with Crippen LogP contribution in [0.25, 0.3) is 11.3 Å². The minimum Gasteiger partial charge on any atom is -0.359 e. The molecule has 0 atom stereocenters. The van der Waals surface area contributed by atoms with Crippen LogP contribution in [0.4, 0.5) is 4.39 Å². The molecule has 0 amide bonds. The molecule has 134 valence electrons. The molecular weight excluding hydrogens is 329 g/mol. The van der Waals surface area contributed by atoms with E-state index in [1.807, 2.05) is 30.3 Å². The second-order valence-electron chi connectivity index (χ2n) is 6.97. The maximum Gasteiger partial charge on any atom is 0.151 e. The van der Waals surface area contributed by atoms with E-state index < -0.39 is 0 Å². The Balaban J connectivity index is 1.29. The van der Waals surface area contributed by atoms with Gasteiger partial charge in [-0.05, 0) is 68.1 Å². The van der Waals surface area contributed by atoms with Gasteiger partial charge in [-0.1, -0.05) is 17.3 Å². The van der Waals surface area contributed by atoms with E-state index in [2.05, 4.69) is 15.0 Å². The molecule has 1 fully saturated rings. The number of hydrogen-bond acceptors (Lipinski definition) is 4. The average Bonchev–Trinajstić information content (AvgIpc) is 3.14. The summed E-state index contributed by atoms with van der Waals surface area (Å²) in [5.41, 5.74) is 3.03. The third kappa shape index (κ3) is 4.17. The maximum absolute atomic E-state index is 13.0. The number of rotatable bonds is 5. The van der Waals surface area contributed by atoms with Gasteiger partial charge in [-0.2, -0.15) is 0 Å². The van der Waals surface area contributed by atoms with Crippen LogP contribution in [0.15, 0.2) is 59.4 Å². The fraction of sp³-hybridized carbons (Fsp3) is 0.333. The van der Waals surface area contributed by atoms with E-state index in [4.69, 9.17) is 4.52 Å². The quantitative estimate of drug-likeness (QED) is 0.686. The smallest absolute Gasteiger partial charge is 0.151 e. The number of nitrogens with zero attached hydrogens (tertiary/aromatic N) is 3. The zero-order valence-corrected chi connectivity index (χ0v) is 14.6. The van der Waals surface area contributed by atoms with E-state index in [9.17, 15) is 4.39 Å². The van der Waals surface area contributed by atoms with Crippen molar-refractivity contribution in [3.63, 3.8) is 0 Å². The van der Waals surface area contributed by atoms with Crippen molar-refractivity contribution in [2.45, 2.75) is 25.8 Å². The van der Waals surface area contributed by atoms with Gasteiger partial charge >= 0.3 is 0 Å². The minimum atomic E-state index is -0.165. The Morgan fingerprint density at radius 1 is 1.12 bits per heavy atom. The van der Waals surface area contributed by atoms with Gasteiger partial charge in [-0.25, -0.2) is 4.39 Å². The third-order valence-electron chi connectivity index (χ3n) is 5.04. The van der Waals surface area contributed by atoms with Gasteiger partial charge in [0.15, 0.2) is 5.76 Å². The van der Waals surface area contributed by atoms with Crippen molar-refractivity contribution in [3.8, 4) is 11.3 Å². The molecule has 3 heterocycles. The van der Waals surface area contributed by atoms with Crippen molar-refractivity contribution >= 4 is 0 Å². The van der Waals surface area contributed by atoms with Crippen molar-refractivity contribution in [2.24, 2.45) is 5.92 Å². The van der Waals surface area contributed by atoms with E-state index in [0.29, 0.717) is 5.92 Å². The fourth-order valence-corrected chi connectivity index (χ4v) is 3.56. The molecule has 1 aliphatic heterocycles. The first-order chi connectivity index (χ1) is 12.8. The number of hydrogen-bond donors (Lipinski definition) is 0. The zero-order chi connectivity index (χ0) is 17.8. The Bertz CT molecular complexity index is 824. The summed E-state index contributed by atoms with van der Waals surface area (Å²) in [6, 6.07) is 12.8. The topological polar surface area (TPSA) is 42.2 Å². The highest BCUT2D eigenvalue weighted by Gasteiger charge is 2.21. The highest BCUT2D eigenvalue weighted by molar-refractivity contribution is 5.57. The second kappa shape index (κ2) is 7.79. The van der Waals surface area contributed by atoms with Gasteiger partial charge in [-0.15, -0.1) is 0 Å². The Morgan fingerprint density at radius 2 is 1.92 bits per heavy atom. The molecule has 2 aromatic heterocycles. The monoisotopic (exact) mass is 351 g/mol. The first-order valence-corrected chi connectivity index (χ1v) is 9.09. The predicted octanol–water partition coefficient (Wildman–Crippen LogP) is 4.33. The summed E-state index contributed by atoms with van der Waals surface area (Å²) in [5.74, 6) is 1.39. The maximum atomic E-state index is 13.0. The van der Waals surface area contributed by atoms with Crippen LogP contribution < -0.4 is 0 Å². The zero-order valence-electron chi connectivity index (χ0n) is 14.6. The molecule has 5 heteroatoms. The molecule has 3 aromatic rings. The predicted molar refractivity (Wildman–Crippen MR) is 97.8 cm³/mol. The molecule has 0 unspecified atom stereocenters. The molecule has 1 aliphatic rings. The molecule has 1 saturated heterocycles. The molecule has 0 N–H and O–H groups in total. The van der Waals surface area contributed by atoms with Crippen molar-refractivity contribution in [1.82, 2.24) is 15.0 Å². The summed E-state index contributed by atoms with van der Waals surface area (Å²) in [4.78, 5) is 6.53. The Morgan fingerprint density at radius 3 is 2.65 bits per heavy atom. The first-order valence-electron chi connectivity index (χ1n) is 9.09. The molecule has 0 radical (unpaired) electrons. The Hall–Kier alpha value is -2.53. The molecule has 0 bridgehead atoms. The summed E-state index contributed by atoms with van der Waals surface area (Å²) in [6.07, 6.45) is 6.88. The van der Waals surface area contributed by atoms with E-state index in [0.717, 1.165) is 55.9 Å². The Kier molecular flexibility index (Phi) is 5.07. The molecule has 0 aliphatic carbocycles. The van der Waals surface area contributed by atoms with Crippen molar-refractivity contribution in [1.29, 1.82) is 0 Å². The lowest BCUT2D eigenvalue weighted by Gasteiger charge is -2.31. The highest BCUT2D eigenvalue weighted by atomic mass is 19.1. The molecule has 1 aromatic carbocycles. The normalized spacial score (nSPS) is 16.0. The number of pyridine rings is 1. The second-order valence-corrected chi connectivity index (χ2v) is 6.97. The van der Waals surface area contributed by atoms with E-state index in [1.54, 1.807) is 24.5 Å². The van der Waals surface area contributed by atoms with Crippen LogP contribution in [0.1, 0.15) is 24.2 Å². The minimum absolute atomic E-state index is 0.165. The molecular formula is C21H22FN3O. The van der Waals surface area contributed by atoms with E-state index in [-0.39, 0.29) is 5.82 Å². The molecule has 0 saturated carbocycles. The van der Waals surface area contributed by atoms with Crippen molar-refractivity contribution in [2.75, 3.05) is 13.1 Å². The number of aromatic nitrogens is 2. The van der Waals surface area contributed by atoms with Crippen molar-refractivity contribution in [3.05, 3.63) is 72.0 Å². The van der Waals surface area contributed by atoms with Crippen LogP contribution in [0, 0.1) is 11.7 Å². The van der Waals surface area contributed by atoms with Gasteiger partial charge in [0, 0.05) is 24.0 Å². The van der Waals surface area contributed by atoms with Gasteiger partial charge in [0.1, 0.15) is 11.5 Å². The van der Waals surface area contributed by atoms with Crippen LogP contribution in [0.2, 0.25) is 0 Å². The average molecular weight is 351 g/mol. The van der Waals surface area contributed by atoms with Gasteiger partial charge in [0.2, 0.25) is 0 Å². The molecule has 4 nitrogen and oxygen atoms in total. The van der Waals surface area contributed by atoms with Gasteiger partial charge in [0.05, 0.1) is 6.54 Å². The van der Waals surface area contributed by atoms with Crippen LogP contribution in [0.3, 0.4) is 0 Å². The van der Waals surface area contributed by atoms with Gasteiger partial charge in [0.25, 0.3) is 0 Å². The standard InChI is InChI=1S/C21H22FN3O/c22-19-5-3-16(4-6-19)12-17-7-10-25(11-8-17)15-20-13-21(24-26-20)18-2-1-9-23-14-18/h1-6,9,13-14,17H,7-8,10-12,15H2. The van der Waals surface area contributed by atoms with Gasteiger partial charge in [-0.3, -0.25) is 9.88 Å². The van der Waals surface area contributed by atoms with E-state index in [1.165, 1.54) is 5.56 Å². The summed E-state index contributed by atoms with van der Waals surface area (Å²) in [6.45, 7) is 2.89. The molecule has 4 rings (SSSR count). The first kappa shape index (κ1) is 16.9. The number of benzene rings is 1. The van der Waals surface area contributed by atoms with Crippen LogP contribution in [0.5, 0.6) is 0 Å². The van der Waals surface area contributed by atoms with Crippen LogP contribution in [-0.4, -0.2) is 28.1 Å². The number of halogens is 1. The van der Waals surface area contributed by atoms with Crippen LogP contribution >= 0.6 is 0 Å². The largest absolute Gasteiger partial charge is 0.359 e. The SMILES string of the molecule is Fc1ccc(CC2CCN(Cc3cc(-c4cccnc4)no3)CC2)cc1. The molecule has 26 heavy (non-hydrogen) atoms. The lowest BCUT2D eigenvalue weighted by atomic mass is 9.90. The van der Waals surface area contributed by atoms with Crippen LogP contribution in [-0.2, 0) is 13.0 Å². The summed E-state index contributed by atoms with van der Waals surface area (Å²) in [5, 5.41) is 4.16. The third-order valence-corrected chi connectivity index (χ3v) is 5.04. The van der Waals surface area contributed by atoms with E-state index >= 15 is 0 Å². The number of likely N-dealkylation sites (tertiary alicyclic amines) is 1. The summed E-state index contributed by atoms with van der Waals surface area (Å²) in [7, 11) is 0. The van der Waals surface area contributed by atoms with Crippen molar-refractivity contribution < 1.29 is 8.91 Å². The summed E-state index contributed by atoms with van der Waals surface area (Å²) >= 11 is 0. The lowest BCUT2D eigenvalue weighted by molar-refractivity contribution is 0.161. The number of piperidine rings is 1.